The van der Waals surface area contributed by atoms with E-state index in [0.717, 1.165) is 0 Å². The van der Waals surface area contributed by atoms with Crippen LogP contribution in [0, 0.1) is 21.7 Å². The van der Waals surface area contributed by atoms with Crippen molar-refractivity contribution in [3.05, 3.63) is 66.5 Å². The fourth-order valence-electron chi connectivity index (χ4n) is 1.96. The SMILES string of the molecule is Cn1c(C(F)(F)F)cc(=O)n(-c2cc([N+](=O)[O-])c(F)cc2F)c1=O. The van der Waals surface area contributed by atoms with Crippen molar-refractivity contribution in [3.8, 4) is 5.69 Å². The van der Waals surface area contributed by atoms with Crippen LogP contribution >= 0.6 is 0 Å². The lowest BCUT2D eigenvalue weighted by Crippen LogP contribution is -2.41. The Bertz CT molecular complexity index is 961. The Kier molecular flexibility index (Phi) is 4.00. The summed E-state index contributed by atoms with van der Waals surface area (Å²) in [6.07, 6.45) is -5.03. The van der Waals surface area contributed by atoms with E-state index in [2.05, 4.69) is 0 Å². The van der Waals surface area contributed by atoms with Crippen LogP contribution < -0.4 is 11.2 Å². The first-order valence-electron chi connectivity index (χ1n) is 5.99. The number of benzene rings is 1. The second kappa shape index (κ2) is 5.54. The van der Waals surface area contributed by atoms with Gasteiger partial charge in [-0.2, -0.15) is 17.6 Å². The summed E-state index contributed by atoms with van der Waals surface area (Å²) < 4.78 is 65.2. The number of nitro benzene ring substituents is 1. The van der Waals surface area contributed by atoms with Crippen LogP contribution in [0.2, 0.25) is 0 Å². The average molecular weight is 351 g/mol. The van der Waals surface area contributed by atoms with Crippen molar-refractivity contribution in [2.24, 2.45) is 7.05 Å². The minimum absolute atomic E-state index is 0.0238. The third-order valence-corrected chi connectivity index (χ3v) is 3.06. The summed E-state index contributed by atoms with van der Waals surface area (Å²) in [6.45, 7) is 0. The molecule has 7 nitrogen and oxygen atoms in total. The number of hydrogen-bond acceptors (Lipinski definition) is 4. The Morgan fingerprint density at radius 3 is 2.17 bits per heavy atom. The molecule has 0 unspecified atom stereocenters. The summed E-state index contributed by atoms with van der Waals surface area (Å²) in [5.41, 5.74) is -7.06. The molecule has 0 aliphatic heterocycles. The molecule has 0 N–H and O–H groups in total. The molecule has 24 heavy (non-hydrogen) atoms. The Balaban J connectivity index is 2.88. The molecular weight excluding hydrogens is 345 g/mol. The molecule has 0 bridgehead atoms. The maximum Gasteiger partial charge on any atom is 0.431 e. The lowest BCUT2D eigenvalue weighted by Gasteiger charge is -2.14. The first-order chi connectivity index (χ1) is 10.9. The van der Waals surface area contributed by atoms with Gasteiger partial charge in [0.1, 0.15) is 5.69 Å². The summed E-state index contributed by atoms with van der Waals surface area (Å²) in [5.74, 6) is -3.10. The molecule has 0 saturated heterocycles. The second-order valence-electron chi connectivity index (χ2n) is 4.55. The number of nitrogens with zero attached hydrogens (tertiary/aromatic N) is 3. The molecule has 1 aromatic heterocycles. The maximum absolute atomic E-state index is 13.8. The summed E-state index contributed by atoms with van der Waals surface area (Å²) in [5, 5.41) is 10.7. The average Bonchev–Trinajstić information content (AvgIpc) is 2.43. The van der Waals surface area contributed by atoms with Crippen molar-refractivity contribution in [3.63, 3.8) is 0 Å². The predicted octanol–water partition coefficient (Wildman–Crippen LogP) is 1.74. The van der Waals surface area contributed by atoms with Crippen molar-refractivity contribution < 1.29 is 26.9 Å². The van der Waals surface area contributed by atoms with Crippen molar-refractivity contribution in [1.82, 2.24) is 9.13 Å². The van der Waals surface area contributed by atoms with E-state index in [1.165, 1.54) is 0 Å². The highest BCUT2D eigenvalue weighted by Gasteiger charge is 2.35. The van der Waals surface area contributed by atoms with E-state index in [9.17, 15) is 41.7 Å². The molecule has 1 heterocycles. The van der Waals surface area contributed by atoms with Crippen LogP contribution in [0.5, 0.6) is 0 Å². The highest BCUT2D eigenvalue weighted by Crippen LogP contribution is 2.27. The highest BCUT2D eigenvalue weighted by molar-refractivity contribution is 5.45. The van der Waals surface area contributed by atoms with Gasteiger partial charge >= 0.3 is 17.6 Å². The predicted molar refractivity (Wildman–Crippen MR) is 68.9 cm³/mol. The first kappa shape index (κ1) is 17.3. The van der Waals surface area contributed by atoms with Gasteiger partial charge in [-0.3, -0.25) is 19.5 Å². The fourth-order valence-corrected chi connectivity index (χ4v) is 1.96. The van der Waals surface area contributed by atoms with Gasteiger partial charge in [0.05, 0.1) is 10.6 Å². The van der Waals surface area contributed by atoms with Crippen LogP contribution in [0.25, 0.3) is 5.69 Å². The van der Waals surface area contributed by atoms with Crippen molar-refractivity contribution >= 4 is 5.69 Å². The summed E-state index contributed by atoms with van der Waals surface area (Å²) in [4.78, 5) is 33.2. The molecule has 0 fully saturated rings. The van der Waals surface area contributed by atoms with E-state index in [-0.39, 0.29) is 27.3 Å². The van der Waals surface area contributed by atoms with Gasteiger partial charge in [0.25, 0.3) is 5.56 Å². The van der Waals surface area contributed by atoms with Crippen LogP contribution in [0.15, 0.2) is 27.8 Å². The summed E-state index contributed by atoms with van der Waals surface area (Å²) >= 11 is 0. The Labute approximate surface area is 128 Å². The molecule has 0 atom stereocenters. The molecule has 12 heteroatoms. The molecule has 0 saturated carbocycles. The number of halogens is 5. The molecule has 2 aromatic rings. The van der Waals surface area contributed by atoms with Crippen LogP contribution in [0.3, 0.4) is 0 Å². The molecule has 1 aromatic carbocycles. The minimum atomic E-state index is -5.03. The lowest BCUT2D eigenvalue weighted by atomic mass is 10.2. The third kappa shape index (κ3) is 2.77. The number of alkyl halides is 3. The zero-order valence-corrected chi connectivity index (χ0v) is 11.6. The van der Waals surface area contributed by atoms with Crippen molar-refractivity contribution in [1.29, 1.82) is 0 Å². The monoisotopic (exact) mass is 351 g/mol. The number of nitro groups is 1. The summed E-state index contributed by atoms with van der Waals surface area (Å²) in [7, 11) is 0.678. The fraction of sp³-hybridized carbons (Fsp3) is 0.167. The standard InChI is InChI=1S/C12H6F5N3O4/c1-18-9(12(15,16)17)4-10(21)19(11(18)22)7-3-8(20(23)24)6(14)2-5(7)13/h2-4H,1H3. The number of aromatic nitrogens is 2. The molecule has 0 aliphatic rings. The molecular formula is C12H6F5N3O4. The second-order valence-corrected chi connectivity index (χ2v) is 4.55. The van der Waals surface area contributed by atoms with E-state index in [1.807, 2.05) is 0 Å². The van der Waals surface area contributed by atoms with Gasteiger partial charge in [-0.25, -0.2) is 13.8 Å². The number of rotatable bonds is 2. The zero-order chi connectivity index (χ0) is 18.4. The van der Waals surface area contributed by atoms with Gasteiger partial charge in [-0.05, 0) is 0 Å². The van der Waals surface area contributed by atoms with Gasteiger partial charge in [0, 0.05) is 25.2 Å². The van der Waals surface area contributed by atoms with Crippen LogP contribution in [0.4, 0.5) is 27.6 Å². The molecule has 128 valence electrons. The van der Waals surface area contributed by atoms with Crippen LogP contribution in [0.1, 0.15) is 5.69 Å². The number of hydrogen-bond donors (Lipinski definition) is 0. The Morgan fingerprint density at radius 2 is 1.67 bits per heavy atom. The quantitative estimate of drug-likeness (QED) is 0.468. The van der Waals surface area contributed by atoms with E-state index < -0.39 is 51.1 Å². The molecule has 0 amide bonds. The van der Waals surface area contributed by atoms with Crippen LogP contribution in [-0.4, -0.2) is 14.1 Å². The Morgan fingerprint density at radius 1 is 1.08 bits per heavy atom. The van der Waals surface area contributed by atoms with Crippen LogP contribution in [-0.2, 0) is 13.2 Å². The molecule has 0 spiro atoms. The van der Waals surface area contributed by atoms with Gasteiger partial charge < -0.3 is 0 Å². The molecule has 2 rings (SSSR count). The minimum Gasteiger partial charge on any atom is -0.292 e. The van der Waals surface area contributed by atoms with E-state index in [1.54, 1.807) is 0 Å². The summed E-state index contributed by atoms with van der Waals surface area (Å²) in [6, 6.07) is 0.327. The van der Waals surface area contributed by atoms with Crippen molar-refractivity contribution in [2.75, 3.05) is 0 Å². The van der Waals surface area contributed by atoms with Gasteiger partial charge in [0.2, 0.25) is 5.82 Å². The highest BCUT2D eigenvalue weighted by atomic mass is 19.4. The van der Waals surface area contributed by atoms with Gasteiger partial charge in [0.15, 0.2) is 5.82 Å². The maximum atomic E-state index is 13.8. The van der Waals surface area contributed by atoms with Gasteiger partial charge in [-0.15, -0.1) is 0 Å². The van der Waals surface area contributed by atoms with Gasteiger partial charge in [-0.1, -0.05) is 0 Å². The van der Waals surface area contributed by atoms with Crippen molar-refractivity contribution in [2.45, 2.75) is 6.18 Å². The Hall–Kier alpha value is -3.05. The van der Waals surface area contributed by atoms with E-state index >= 15 is 0 Å². The molecule has 0 aliphatic carbocycles. The normalized spacial score (nSPS) is 11.6. The molecule has 0 radical (unpaired) electrons. The van der Waals surface area contributed by atoms with E-state index in [0.29, 0.717) is 7.05 Å². The first-order valence-corrected chi connectivity index (χ1v) is 5.99. The smallest absolute Gasteiger partial charge is 0.292 e. The largest absolute Gasteiger partial charge is 0.431 e. The lowest BCUT2D eigenvalue weighted by molar-refractivity contribution is -0.387. The third-order valence-electron chi connectivity index (χ3n) is 3.06. The van der Waals surface area contributed by atoms with E-state index in [4.69, 9.17) is 0 Å². The topological polar surface area (TPSA) is 87.1 Å². The zero-order valence-electron chi connectivity index (χ0n) is 11.6.